The molecule has 1 aliphatic heterocycles. The highest BCUT2D eigenvalue weighted by molar-refractivity contribution is 6.05. The molecule has 1 aliphatic rings. The molecule has 2 N–H and O–H groups in total. The van der Waals surface area contributed by atoms with E-state index in [0.29, 0.717) is 23.9 Å². The van der Waals surface area contributed by atoms with E-state index < -0.39 is 0 Å². The Balaban J connectivity index is 1.52. The van der Waals surface area contributed by atoms with E-state index >= 15 is 0 Å². The second-order valence-electron chi connectivity index (χ2n) is 6.84. The molecule has 0 fully saturated rings. The highest BCUT2D eigenvalue weighted by Crippen LogP contribution is 2.28. The normalized spacial score (nSPS) is 12.8. The average Bonchev–Trinajstić information content (AvgIpc) is 2.74. The number of fused-ring (bicyclic) bond motifs is 1. The molecule has 0 atom stereocenters. The third kappa shape index (κ3) is 4.24. The van der Waals surface area contributed by atoms with Gasteiger partial charge in [-0.15, -0.1) is 0 Å². The molecule has 0 bridgehead atoms. The number of para-hydroxylation sites is 1. The average molecular weight is 387 g/mol. The highest BCUT2D eigenvalue weighted by Gasteiger charge is 2.24. The second kappa shape index (κ2) is 8.10. The third-order valence-corrected chi connectivity index (χ3v) is 4.69. The molecular formula is C22H21N5O2. The van der Waals surface area contributed by atoms with Gasteiger partial charge in [-0.3, -0.25) is 9.59 Å². The Morgan fingerprint density at radius 1 is 1.00 bits per heavy atom. The number of aryl methyl sites for hydroxylation is 1. The largest absolute Gasteiger partial charge is 0.326 e. The number of nitrogens with one attached hydrogen (secondary N) is 2. The molecule has 2 aromatic carbocycles. The van der Waals surface area contributed by atoms with Gasteiger partial charge >= 0.3 is 0 Å². The lowest BCUT2D eigenvalue weighted by Crippen LogP contribution is -2.36. The summed E-state index contributed by atoms with van der Waals surface area (Å²) < 4.78 is 0. The van der Waals surface area contributed by atoms with Crippen LogP contribution in [0.15, 0.2) is 60.8 Å². The van der Waals surface area contributed by atoms with Crippen molar-refractivity contribution in [2.24, 2.45) is 0 Å². The fraction of sp³-hybridized carbons (Fsp3) is 0.182. The fourth-order valence-electron chi connectivity index (χ4n) is 3.39. The summed E-state index contributed by atoms with van der Waals surface area (Å²) in [6.45, 7) is 2.14. The molecule has 4 rings (SSSR count). The van der Waals surface area contributed by atoms with Crippen LogP contribution in [-0.4, -0.2) is 28.3 Å². The minimum atomic E-state index is -0.136. The Morgan fingerprint density at radius 2 is 1.76 bits per heavy atom. The van der Waals surface area contributed by atoms with Crippen molar-refractivity contribution in [1.82, 2.24) is 9.97 Å². The van der Waals surface area contributed by atoms with Crippen LogP contribution < -0.4 is 15.5 Å². The lowest BCUT2D eigenvalue weighted by Gasteiger charge is -2.29. The number of hydrogen-bond acceptors (Lipinski definition) is 5. The molecule has 29 heavy (non-hydrogen) atoms. The zero-order valence-electron chi connectivity index (χ0n) is 16.1. The summed E-state index contributed by atoms with van der Waals surface area (Å²) in [7, 11) is 0. The molecule has 3 aromatic rings. The molecule has 2 amide bonds. The molecule has 0 saturated carbocycles. The maximum absolute atomic E-state index is 13.1. The van der Waals surface area contributed by atoms with Crippen molar-refractivity contribution in [2.75, 3.05) is 22.1 Å². The number of amides is 2. The van der Waals surface area contributed by atoms with Crippen LogP contribution in [0, 0.1) is 0 Å². The Morgan fingerprint density at radius 3 is 2.55 bits per heavy atom. The topological polar surface area (TPSA) is 87.2 Å². The van der Waals surface area contributed by atoms with Gasteiger partial charge in [0.1, 0.15) is 5.69 Å². The van der Waals surface area contributed by atoms with Crippen molar-refractivity contribution in [3.05, 3.63) is 72.1 Å². The SMILES string of the molecule is CC(=O)Nc1ccc(Nc2nccc(C(=O)N3CCCc4ccccc43)n2)cc1. The number of rotatable bonds is 4. The number of benzene rings is 2. The molecule has 0 spiro atoms. The van der Waals surface area contributed by atoms with E-state index in [-0.39, 0.29) is 11.8 Å². The van der Waals surface area contributed by atoms with E-state index in [1.54, 1.807) is 29.3 Å². The molecule has 1 aromatic heterocycles. The van der Waals surface area contributed by atoms with E-state index in [1.165, 1.54) is 12.5 Å². The molecule has 0 saturated heterocycles. The minimum absolute atomic E-state index is 0.125. The van der Waals surface area contributed by atoms with Crippen LogP contribution >= 0.6 is 0 Å². The van der Waals surface area contributed by atoms with Crippen molar-refractivity contribution in [3.63, 3.8) is 0 Å². The summed E-state index contributed by atoms with van der Waals surface area (Å²) >= 11 is 0. The minimum Gasteiger partial charge on any atom is -0.326 e. The van der Waals surface area contributed by atoms with Crippen LogP contribution in [0.2, 0.25) is 0 Å². The zero-order valence-corrected chi connectivity index (χ0v) is 16.1. The van der Waals surface area contributed by atoms with Gasteiger partial charge in [0.25, 0.3) is 5.91 Å². The lowest BCUT2D eigenvalue weighted by atomic mass is 10.0. The Hall–Kier alpha value is -3.74. The number of hydrogen-bond donors (Lipinski definition) is 2. The highest BCUT2D eigenvalue weighted by atomic mass is 16.2. The number of carbonyl (C=O) groups excluding carboxylic acids is 2. The van der Waals surface area contributed by atoms with Crippen molar-refractivity contribution in [1.29, 1.82) is 0 Å². The molecule has 0 radical (unpaired) electrons. The summed E-state index contributed by atoms with van der Waals surface area (Å²) in [5, 5.41) is 5.81. The summed E-state index contributed by atoms with van der Waals surface area (Å²) in [6, 6.07) is 16.8. The van der Waals surface area contributed by atoms with Gasteiger partial charge in [0.05, 0.1) is 0 Å². The van der Waals surface area contributed by atoms with Crippen LogP contribution in [0.5, 0.6) is 0 Å². The van der Waals surface area contributed by atoms with Gasteiger partial charge in [0, 0.05) is 36.7 Å². The second-order valence-corrected chi connectivity index (χ2v) is 6.84. The van der Waals surface area contributed by atoms with Gasteiger partial charge in [-0.1, -0.05) is 18.2 Å². The van der Waals surface area contributed by atoms with Crippen molar-refractivity contribution >= 4 is 34.8 Å². The third-order valence-electron chi connectivity index (χ3n) is 4.69. The molecule has 7 nitrogen and oxygen atoms in total. The summed E-state index contributed by atoms with van der Waals surface area (Å²) in [5.74, 6) is 0.0802. The van der Waals surface area contributed by atoms with Crippen LogP contribution in [0.3, 0.4) is 0 Å². The van der Waals surface area contributed by atoms with Gasteiger partial charge in [-0.2, -0.15) is 0 Å². The summed E-state index contributed by atoms with van der Waals surface area (Å²) in [6.07, 6.45) is 3.48. The summed E-state index contributed by atoms with van der Waals surface area (Å²) in [4.78, 5) is 34.6. The Bertz CT molecular complexity index is 1050. The monoisotopic (exact) mass is 387 g/mol. The molecule has 0 unspecified atom stereocenters. The standard InChI is InChI=1S/C22H21N5O2/c1-15(28)24-17-8-10-18(11-9-17)25-22-23-13-12-19(26-22)21(29)27-14-4-6-16-5-2-3-7-20(16)27/h2-3,5,7-13H,4,6,14H2,1H3,(H,24,28)(H,23,25,26). The molecular weight excluding hydrogens is 366 g/mol. The Labute approximate surface area is 168 Å². The first-order valence-corrected chi connectivity index (χ1v) is 9.47. The van der Waals surface area contributed by atoms with E-state index in [2.05, 4.69) is 26.7 Å². The van der Waals surface area contributed by atoms with Gasteiger partial charge in [0.15, 0.2) is 0 Å². The maximum atomic E-state index is 13.1. The van der Waals surface area contributed by atoms with Gasteiger partial charge in [0.2, 0.25) is 11.9 Å². The van der Waals surface area contributed by atoms with E-state index in [1.807, 2.05) is 30.3 Å². The van der Waals surface area contributed by atoms with Crippen LogP contribution in [-0.2, 0) is 11.2 Å². The van der Waals surface area contributed by atoms with E-state index in [9.17, 15) is 9.59 Å². The molecule has 146 valence electrons. The number of aromatic nitrogens is 2. The van der Waals surface area contributed by atoms with Gasteiger partial charge in [-0.25, -0.2) is 9.97 Å². The number of nitrogens with zero attached hydrogens (tertiary/aromatic N) is 3. The molecule has 0 aliphatic carbocycles. The predicted molar refractivity (Wildman–Crippen MR) is 112 cm³/mol. The van der Waals surface area contributed by atoms with Gasteiger partial charge < -0.3 is 15.5 Å². The van der Waals surface area contributed by atoms with Crippen LogP contribution in [0.1, 0.15) is 29.4 Å². The number of carbonyl (C=O) groups is 2. The van der Waals surface area contributed by atoms with E-state index in [4.69, 9.17) is 0 Å². The Kier molecular flexibility index (Phi) is 5.20. The zero-order chi connectivity index (χ0) is 20.2. The first-order valence-electron chi connectivity index (χ1n) is 9.47. The first kappa shape index (κ1) is 18.6. The lowest BCUT2D eigenvalue weighted by molar-refractivity contribution is -0.114. The van der Waals surface area contributed by atoms with Gasteiger partial charge in [-0.05, 0) is 54.8 Å². The van der Waals surface area contributed by atoms with E-state index in [0.717, 1.165) is 24.2 Å². The molecule has 7 heteroatoms. The smallest absolute Gasteiger partial charge is 0.277 e. The quantitative estimate of drug-likeness (QED) is 0.712. The maximum Gasteiger partial charge on any atom is 0.277 e. The van der Waals surface area contributed by atoms with Crippen LogP contribution in [0.4, 0.5) is 23.0 Å². The van der Waals surface area contributed by atoms with Crippen molar-refractivity contribution in [2.45, 2.75) is 19.8 Å². The molecule has 2 heterocycles. The fourth-order valence-corrected chi connectivity index (χ4v) is 3.39. The van der Waals surface area contributed by atoms with Crippen molar-refractivity contribution < 1.29 is 9.59 Å². The number of anilines is 4. The predicted octanol–water partition coefficient (Wildman–Crippen LogP) is 3.77. The summed E-state index contributed by atoms with van der Waals surface area (Å²) in [5.41, 5.74) is 3.93. The van der Waals surface area contributed by atoms with Crippen molar-refractivity contribution in [3.8, 4) is 0 Å². The van der Waals surface area contributed by atoms with Crippen LogP contribution in [0.25, 0.3) is 0 Å². The first-order chi connectivity index (χ1) is 14.1.